The van der Waals surface area contributed by atoms with Crippen molar-refractivity contribution in [3.05, 3.63) is 29.7 Å². The van der Waals surface area contributed by atoms with E-state index in [0.717, 1.165) is 5.70 Å². The van der Waals surface area contributed by atoms with Gasteiger partial charge in [0, 0.05) is 5.70 Å². The number of amidine groups is 1. The van der Waals surface area contributed by atoms with Crippen molar-refractivity contribution in [3.63, 3.8) is 0 Å². The van der Waals surface area contributed by atoms with Crippen LogP contribution in [0.25, 0.3) is 0 Å². The molecule has 0 amide bonds. The van der Waals surface area contributed by atoms with Crippen LogP contribution < -0.4 is 11.2 Å². The summed E-state index contributed by atoms with van der Waals surface area (Å²) < 4.78 is 0. The van der Waals surface area contributed by atoms with E-state index >= 15 is 0 Å². The first-order valence-electron chi connectivity index (χ1n) is 3.10. The molecule has 1 aliphatic heterocycles. The molecule has 0 aromatic heterocycles. The Kier molecular flexibility index (Phi) is 0.934. The van der Waals surface area contributed by atoms with E-state index in [1.807, 2.05) is 18.2 Å². The molecule has 0 fully saturated rings. The molecule has 0 radical (unpaired) electrons. The van der Waals surface area contributed by atoms with Crippen molar-refractivity contribution in [3.8, 4) is 0 Å². The molecule has 0 saturated carbocycles. The van der Waals surface area contributed by atoms with Crippen LogP contribution in [-0.4, -0.2) is 5.84 Å². The standard InChI is InChI=1S/C7H7N3/c8-7-5-3-1-2-4-6(5)9-10-7/h2-5,9H,(H2,8,10). The zero-order valence-corrected chi connectivity index (χ0v) is 5.33. The SMILES string of the molecule is NC1=NNC2=CC=C=CC21. The number of nitrogens with two attached hydrogens (primary N) is 1. The fourth-order valence-electron chi connectivity index (χ4n) is 1.03. The number of hydrogen-bond donors (Lipinski definition) is 2. The number of allylic oxidation sites excluding steroid dienone is 1. The molecule has 50 valence electrons. The predicted octanol–water partition coefficient (Wildman–Crippen LogP) is 0.0868. The van der Waals surface area contributed by atoms with Gasteiger partial charge in [0.05, 0.1) is 5.92 Å². The summed E-state index contributed by atoms with van der Waals surface area (Å²) in [5.74, 6) is 0.761. The van der Waals surface area contributed by atoms with Crippen LogP contribution in [0.2, 0.25) is 0 Å². The average molecular weight is 133 g/mol. The van der Waals surface area contributed by atoms with Gasteiger partial charge in [-0.3, -0.25) is 5.43 Å². The molecule has 1 heterocycles. The molecular weight excluding hydrogens is 126 g/mol. The van der Waals surface area contributed by atoms with Crippen LogP contribution in [0.4, 0.5) is 0 Å². The topological polar surface area (TPSA) is 50.4 Å². The van der Waals surface area contributed by atoms with Crippen LogP contribution in [-0.2, 0) is 0 Å². The van der Waals surface area contributed by atoms with Crippen LogP contribution in [0.15, 0.2) is 34.8 Å². The lowest BCUT2D eigenvalue weighted by atomic mass is 10.0. The van der Waals surface area contributed by atoms with Crippen molar-refractivity contribution in [2.24, 2.45) is 16.8 Å². The summed E-state index contributed by atoms with van der Waals surface area (Å²) in [6.07, 6.45) is 5.66. The van der Waals surface area contributed by atoms with Gasteiger partial charge in [0.25, 0.3) is 0 Å². The molecule has 10 heavy (non-hydrogen) atoms. The number of nitrogens with one attached hydrogen (secondary N) is 1. The second-order valence-electron chi connectivity index (χ2n) is 2.25. The number of rotatable bonds is 0. The van der Waals surface area contributed by atoms with Gasteiger partial charge in [-0.15, -0.1) is 5.73 Å². The van der Waals surface area contributed by atoms with Crippen molar-refractivity contribution >= 4 is 5.84 Å². The second kappa shape index (κ2) is 1.75. The maximum absolute atomic E-state index is 5.55. The Morgan fingerprint density at radius 2 is 2.60 bits per heavy atom. The van der Waals surface area contributed by atoms with Gasteiger partial charge in [-0.1, -0.05) is 0 Å². The molecule has 0 bridgehead atoms. The summed E-state index contributed by atoms with van der Waals surface area (Å²) in [4.78, 5) is 0. The third kappa shape index (κ3) is 0.582. The Bertz CT molecular complexity index is 279. The van der Waals surface area contributed by atoms with Crippen LogP contribution in [0.5, 0.6) is 0 Å². The average Bonchev–Trinajstić information content (AvgIpc) is 2.34. The van der Waals surface area contributed by atoms with E-state index in [9.17, 15) is 0 Å². The molecule has 1 aliphatic carbocycles. The molecule has 3 N–H and O–H groups in total. The highest BCUT2D eigenvalue weighted by Crippen LogP contribution is 2.17. The molecule has 3 nitrogen and oxygen atoms in total. The normalized spacial score (nSPS) is 27.0. The van der Waals surface area contributed by atoms with Gasteiger partial charge in [-0.05, 0) is 18.2 Å². The number of nitrogens with zero attached hydrogens (tertiary/aromatic N) is 1. The quantitative estimate of drug-likeness (QED) is 0.460. The number of hydrogen-bond acceptors (Lipinski definition) is 3. The maximum atomic E-state index is 5.55. The first-order valence-corrected chi connectivity index (χ1v) is 3.10. The van der Waals surface area contributed by atoms with E-state index in [1.165, 1.54) is 0 Å². The van der Waals surface area contributed by atoms with Gasteiger partial charge in [0.15, 0.2) is 0 Å². The third-order valence-electron chi connectivity index (χ3n) is 1.59. The van der Waals surface area contributed by atoms with Crippen LogP contribution in [0, 0.1) is 5.92 Å². The Labute approximate surface area is 58.6 Å². The highest BCUT2D eigenvalue weighted by Gasteiger charge is 2.21. The first kappa shape index (κ1) is 5.33. The largest absolute Gasteiger partial charge is 0.385 e. The summed E-state index contributed by atoms with van der Waals surface area (Å²) in [6, 6.07) is 0. The summed E-state index contributed by atoms with van der Waals surface area (Å²) in [7, 11) is 0. The predicted molar refractivity (Wildman–Crippen MR) is 39.0 cm³/mol. The number of fused-ring (bicyclic) bond motifs is 1. The summed E-state index contributed by atoms with van der Waals surface area (Å²) in [5.41, 5.74) is 12.4. The van der Waals surface area contributed by atoms with E-state index in [1.54, 1.807) is 0 Å². The fraction of sp³-hybridized carbons (Fsp3) is 0.143. The van der Waals surface area contributed by atoms with Gasteiger partial charge in [0.2, 0.25) is 0 Å². The minimum Gasteiger partial charge on any atom is -0.385 e. The van der Waals surface area contributed by atoms with E-state index in [4.69, 9.17) is 5.73 Å². The van der Waals surface area contributed by atoms with Crippen molar-refractivity contribution in [2.45, 2.75) is 0 Å². The van der Waals surface area contributed by atoms with E-state index < -0.39 is 0 Å². The van der Waals surface area contributed by atoms with Gasteiger partial charge in [-0.25, -0.2) is 0 Å². The minimum atomic E-state index is 0.144. The van der Waals surface area contributed by atoms with Crippen LogP contribution in [0.1, 0.15) is 0 Å². The molecule has 3 heteroatoms. The molecule has 2 rings (SSSR count). The van der Waals surface area contributed by atoms with E-state index in [0.29, 0.717) is 5.84 Å². The summed E-state index contributed by atoms with van der Waals surface area (Å²) >= 11 is 0. The summed E-state index contributed by atoms with van der Waals surface area (Å²) in [5, 5.41) is 3.87. The molecular formula is C7H7N3. The number of hydrazone groups is 1. The van der Waals surface area contributed by atoms with E-state index in [-0.39, 0.29) is 5.92 Å². The highest BCUT2D eigenvalue weighted by atomic mass is 15.3. The molecule has 0 aromatic rings. The first-order chi connectivity index (χ1) is 4.88. The molecule has 0 aromatic carbocycles. The van der Waals surface area contributed by atoms with Crippen molar-refractivity contribution < 1.29 is 0 Å². The molecule has 0 spiro atoms. The Balaban J connectivity index is 2.43. The zero-order chi connectivity index (χ0) is 6.97. The molecule has 2 aliphatic rings. The minimum absolute atomic E-state index is 0.144. The molecule has 1 atom stereocenters. The van der Waals surface area contributed by atoms with Gasteiger partial charge < -0.3 is 5.73 Å². The van der Waals surface area contributed by atoms with Crippen LogP contribution in [0.3, 0.4) is 0 Å². The van der Waals surface area contributed by atoms with Gasteiger partial charge >= 0.3 is 0 Å². The Morgan fingerprint density at radius 3 is 3.40 bits per heavy atom. The van der Waals surface area contributed by atoms with Crippen LogP contribution >= 0.6 is 0 Å². The lowest BCUT2D eigenvalue weighted by Crippen LogP contribution is -2.19. The van der Waals surface area contributed by atoms with Gasteiger partial charge in [0.1, 0.15) is 5.84 Å². The second-order valence-corrected chi connectivity index (χ2v) is 2.25. The fourth-order valence-corrected chi connectivity index (χ4v) is 1.03. The lowest BCUT2D eigenvalue weighted by molar-refractivity contribution is 0.871. The van der Waals surface area contributed by atoms with Crippen molar-refractivity contribution in [2.75, 3.05) is 0 Å². The zero-order valence-electron chi connectivity index (χ0n) is 5.33. The smallest absolute Gasteiger partial charge is 0.133 e. The Morgan fingerprint density at radius 1 is 1.70 bits per heavy atom. The van der Waals surface area contributed by atoms with Crippen molar-refractivity contribution in [1.82, 2.24) is 5.43 Å². The third-order valence-corrected chi connectivity index (χ3v) is 1.59. The Hall–Kier alpha value is -1.47. The van der Waals surface area contributed by atoms with Gasteiger partial charge in [-0.2, -0.15) is 5.10 Å². The molecule has 0 saturated heterocycles. The lowest BCUT2D eigenvalue weighted by Gasteiger charge is -2.05. The van der Waals surface area contributed by atoms with E-state index in [2.05, 4.69) is 16.3 Å². The highest BCUT2D eigenvalue weighted by molar-refractivity contribution is 5.89. The van der Waals surface area contributed by atoms with Crippen molar-refractivity contribution in [1.29, 1.82) is 0 Å². The molecule has 1 unspecified atom stereocenters. The monoisotopic (exact) mass is 133 g/mol. The summed E-state index contributed by atoms with van der Waals surface area (Å²) in [6.45, 7) is 0. The maximum Gasteiger partial charge on any atom is 0.133 e.